The lowest BCUT2D eigenvalue weighted by Crippen LogP contribution is -2.54. The van der Waals surface area contributed by atoms with Crippen LogP contribution in [0.3, 0.4) is 0 Å². The predicted molar refractivity (Wildman–Crippen MR) is 103 cm³/mol. The maximum absolute atomic E-state index is 11.8. The highest BCUT2D eigenvalue weighted by Crippen LogP contribution is 2.30. The number of primary amides is 1. The zero-order valence-corrected chi connectivity index (χ0v) is 15.7. The monoisotopic (exact) mass is 370 g/mol. The molecule has 2 aromatic rings. The van der Waals surface area contributed by atoms with Crippen LogP contribution in [0.2, 0.25) is 0 Å². The minimum absolute atomic E-state index is 0.190. The van der Waals surface area contributed by atoms with Crippen LogP contribution in [0, 0.1) is 6.92 Å². The Hall–Kier alpha value is -2.68. The average molecular weight is 370 g/mol. The van der Waals surface area contributed by atoms with Crippen LogP contribution in [0.1, 0.15) is 48.3 Å². The molecule has 2 aliphatic rings. The highest BCUT2D eigenvalue weighted by molar-refractivity contribution is 5.92. The van der Waals surface area contributed by atoms with E-state index in [9.17, 15) is 4.79 Å². The van der Waals surface area contributed by atoms with Gasteiger partial charge in [-0.3, -0.25) is 9.89 Å². The Morgan fingerprint density at radius 2 is 1.96 bits per heavy atom. The summed E-state index contributed by atoms with van der Waals surface area (Å²) in [5, 5.41) is 13.8. The Bertz CT molecular complexity index is 823. The van der Waals surface area contributed by atoms with Crippen molar-refractivity contribution in [3.05, 3.63) is 23.5 Å². The van der Waals surface area contributed by atoms with Gasteiger partial charge in [-0.05, 0) is 32.6 Å². The molecule has 2 aliphatic heterocycles. The highest BCUT2D eigenvalue weighted by Gasteiger charge is 2.34. The number of anilines is 3. The Morgan fingerprint density at radius 1 is 1.22 bits per heavy atom. The molecule has 0 aromatic carbocycles. The number of nitrogens with zero attached hydrogens (tertiary/aromatic N) is 4. The van der Waals surface area contributed by atoms with Gasteiger partial charge in [-0.15, -0.1) is 0 Å². The number of hydrogen-bond donors (Lipinski definition) is 4. The summed E-state index contributed by atoms with van der Waals surface area (Å²) in [6.45, 7) is 1.92. The molecule has 2 fully saturated rings. The first kappa shape index (κ1) is 17.7. The SMILES string of the molecule is Cc1cc(Nc2cc(C(N)=O)nc(N(C)C3CC4CCCC(C3)N4)n2)n[nH]1. The number of aromatic nitrogens is 4. The number of fused-ring (bicyclic) bond motifs is 2. The fourth-order valence-corrected chi connectivity index (χ4v) is 4.11. The number of aromatic amines is 1. The fourth-order valence-electron chi connectivity index (χ4n) is 4.11. The van der Waals surface area contributed by atoms with Gasteiger partial charge in [0, 0.05) is 43.0 Å². The van der Waals surface area contributed by atoms with Crippen molar-refractivity contribution in [2.75, 3.05) is 17.3 Å². The summed E-state index contributed by atoms with van der Waals surface area (Å²) in [6.07, 6.45) is 5.84. The molecule has 5 N–H and O–H groups in total. The molecule has 4 rings (SSSR count). The van der Waals surface area contributed by atoms with E-state index in [1.165, 1.54) is 19.3 Å². The highest BCUT2D eigenvalue weighted by atomic mass is 16.1. The maximum Gasteiger partial charge on any atom is 0.267 e. The van der Waals surface area contributed by atoms with E-state index < -0.39 is 5.91 Å². The van der Waals surface area contributed by atoms with Crippen LogP contribution in [0.5, 0.6) is 0 Å². The predicted octanol–water partition coefficient (Wildman–Crippen LogP) is 1.46. The summed E-state index contributed by atoms with van der Waals surface area (Å²) in [7, 11) is 1.99. The van der Waals surface area contributed by atoms with E-state index in [1.54, 1.807) is 6.07 Å². The van der Waals surface area contributed by atoms with Crippen molar-refractivity contribution < 1.29 is 4.79 Å². The molecular formula is C18H26N8O. The Labute approximate surface area is 158 Å². The molecule has 0 radical (unpaired) electrons. The molecular weight excluding hydrogens is 344 g/mol. The summed E-state index contributed by atoms with van der Waals surface area (Å²) in [5.74, 6) is 1.06. The van der Waals surface area contributed by atoms with Crippen LogP contribution in [0.25, 0.3) is 0 Å². The molecule has 4 heterocycles. The van der Waals surface area contributed by atoms with Crippen molar-refractivity contribution in [3.63, 3.8) is 0 Å². The second-order valence-electron chi connectivity index (χ2n) is 7.59. The Morgan fingerprint density at radius 3 is 2.59 bits per heavy atom. The van der Waals surface area contributed by atoms with Crippen LogP contribution < -0.4 is 21.3 Å². The van der Waals surface area contributed by atoms with E-state index in [1.807, 2.05) is 20.0 Å². The number of nitrogens with one attached hydrogen (secondary N) is 3. The first-order valence-corrected chi connectivity index (χ1v) is 9.44. The fraction of sp³-hybridized carbons (Fsp3) is 0.556. The molecule has 9 heteroatoms. The van der Waals surface area contributed by atoms with E-state index in [0.29, 0.717) is 35.7 Å². The number of hydrogen-bond acceptors (Lipinski definition) is 7. The van der Waals surface area contributed by atoms with Crippen LogP contribution in [-0.4, -0.2) is 51.2 Å². The largest absolute Gasteiger partial charge is 0.364 e. The number of rotatable bonds is 5. The summed E-state index contributed by atoms with van der Waals surface area (Å²) < 4.78 is 0. The van der Waals surface area contributed by atoms with Crippen molar-refractivity contribution in [3.8, 4) is 0 Å². The molecule has 1 amide bonds. The summed E-state index contributed by atoms with van der Waals surface area (Å²) >= 11 is 0. The first-order chi connectivity index (χ1) is 13.0. The van der Waals surface area contributed by atoms with Crippen molar-refractivity contribution in [1.82, 2.24) is 25.5 Å². The molecule has 0 aliphatic carbocycles. The number of piperidine rings is 2. The van der Waals surface area contributed by atoms with E-state index >= 15 is 0 Å². The van der Waals surface area contributed by atoms with E-state index in [0.717, 1.165) is 18.5 Å². The van der Waals surface area contributed by atoms with E-state index in [2.05, 4.69) is 35.7 Å². The molecule has 27 heavy (non-hydrogen) atoms. The molecule has 2 unspecified atom stereocenters. The molecule has 2 bridgehead atoms. The molecule has 0 spiro atoms. The maximum atomic E-state index is 11.8. The third kappa shape index (κ3) is 3.87. The van der Waals surface area contributed by atoms with Gasteiger partial charge in [0.25, 0.3) is 5.91 Å². The quantitative estimate of drug-likeness (QED) is 0.628. The van der Waals surface area contributed by atoms with E-state index in [-0.39, 0.29) is 5.69 Å². The summed E-state index contributed by atoms with van der Waals surface area (Å²) in [5.41, 5.74) is 6.62. The van der Waals surface area contributed by atoms with Crippen molar-refractivity contribution in [1.29, 1.82) is 0 Å². The van der Waals surface area contributed by atoms with Gasteiger partial charge in [0.15, 0.2) is 5.82 Å². The van der Waals surface area contributed by atoms with E-state index in [4.69, 9.17) is 5.73 Å². The van der Waals surface area contributed by atoms with Gasteiger partial charge in [0.05, 0.1) is 0 Å². The molecule has 2 saturated heterocycles. The van der Waals surface area contributed by atoms with Gasteiger partial charge in [-0.2, -0.15) is 10.1 Å². The number of amides is 1. The minimum atomic E-state index is -0.574. The van der Waals surface area contributed by atoms with Crippen molar-refractivity contribution in [2.24, 2.45) is 5.73 Å². The number of H-pyrrole nitrogens is 1. The van der Waals surface area contributed by atoms with Gasteiger partial charge in [-0.1, -0.05) is 6.42 Å². The van der Waals surface area contributed by atoms with Gasteiger partial charge < -0.3 is 21.3 Å². The van der Waals surface area contributed by atoms with Gasteiger partial charge >= 0.3 is 0 Å². The van der Waals surface area contributed by atoms with Gasteiger partial charge in [0.2, 0.25) is 5.95 Å². The van der Waals surface area contributed by atoms with Crippen LogP contribution >= 0.6 is 0 Å². The summed E-state index contributed by atoms with van der Waals surface area (Å²) in [6, 6.07) is 4.86. The molecule has 2 atom stereocenters. The normalized spacial score (nSPS) is 24.4. The molecule has 144 valence electrons. The number of aryl methyl sites for hydroxylation is 1. The second kappa shape index (κ2) is 7.15. The van der Waals surface area contributed by atoms with Crippen LogP contribution in [-0.2, 0) is 0 Å². The van der Waals surface area contributed by atoms with Crippen LogP contribution in [0.15, 0.2) is 12.1 Å². The zero-order valence-electron chi connectivity index (χ0n) is 15.7. The second-order valence-corrected chi connectivity index (χ2v) is 7.59. The van der Waals surface area contributed by atoms with Crippen molar-refractivity contribution >= 4 is 23.5 Å². The molecule has 0 saturated carbocycles. The number of carbonyl (C=O) groups is 1. The molecule has 2 aromatic heterocycles. The van der Waals surface area contributed by atoms with Gasteiger partial charge in [-0.25, -0.2) is 4.98 Å². The molecule has 9 nitrogen and oxygen atoms in total. The standard InChI is InChI=1S/C18H26N8O/c1-10-6-16(25-24-10)22-15-9-14(17(19)27)21-18(23-15)26(2)13-7-11-4-3-5-12(8-13)20-11/h6,9,11-13,20H,3-5,7-8H2,1-2H3,(H2,19,27)(H2,21,22,23,24,25). The van der Waals surface area contributed by atoms with Gasteiger partial charge in [0.1, 0.15) is 11.5 Å². The number of nitrogens with two attached hydrogens (primary N) is 1. The number of carbonyl (C=O) groups excluding carboxylic acids is 1. The third-order valence-corrected chi connectivity index (χ3v) is 5.48. The lowest BCUT2D eigenvalue weighted by molar-refractivity contribution is 0.0995. The summed E-state index contributed by atoms with van der Waals surface area (Å²) in [4.78, 5) is 22.9. The average Bonchev–Trinajstić information content (AvgIpc) is 3.05. The lowest BCUT2D eigenvalue weighted by Gasteiger charge is -2.43. The Kier molecular flexibility index (Phi) is 4.69. The Balaban J connectivity index is 1.59. The lowest BCUT2D eigenvalue weighted by atomic mass is 9.83. The van der Waals surface area contributed by atoms with Crippen molar-refractivity contribution in [2.45, 2.75) is 57.2 Å². The third-order valence-electron chi connectivity index (χ3n) is 5.48. The topological polar surface area (TPSA) is 125 Å². The first-order valence-electron chi connectivity index (χ1n) is 9.44. The zero-order chi connectivity index (χ0) is 19.0. The minimum Gasteiger partial charge on any atom is -0.364 e. The smallest absolute Gasteiger partial charge is 0.267 e. The van der Waals surface area contributed by atoms with Crippen LogP contribution in [0.4, 0.5) is 17.6 Å².